The molecule has 106 valence electrons. The van der Waals surface area contributed by atoms with Crippen LogP contribution in [0.5, 0.6) is 0 Å². The number of nitrogens with zero attached hydrogens (tertiary/aromatic N) is 2. The number of aromatic nitrogens is 3. The molecule has 19 heavy (non-hydrogen) atoms. The molecule has 3 atom stereocenters. The monoisotopic (exact) mass is 264 g/mol. The van der Waals surface area contributed by atoms with Gasteiger partial charge in [-0.2, -0.15) is 0 Å². The molecule has 0 aromatic carbocycles. The van der Waals surface area contributed by atoms with Gasteiger partial charge in [-0.25, -0.2) is 4.98 Å². The van der Waals surface area contributed by atoms with Gasteiger partial charge in [0.25, 0.3) is 5.91 Å². The lowest BCUT2D eigenvalue weighted by atomic mass is 9.93. The number of hydrogen-bond acceptors (Lipinski definition) is 3. The zero-order chi connectivity index (χ0) is 14.0. The van der Waals surface area contributed by atoms with Crippen molar-refractivity contribution >= 4 is 5.91 Å². The molecular formula is C14H24N4O. The van der Waals surface area contributed by atoms with Gasteiger partial charge in [0.05, 0.1) is 0 Å². The van der Waals surface area contributed by atoms with E-state index in [0.29, 0.717) is 5.92 Å². The van der Waals surface area contributed by atoms with Crippen molar-refractivity contribution in [1.82, 2.24) is 20.5 Å². The number of carbonyl (C=O) groups is 1. The minimum Gasteiger partial charge on any atom is -0.346 e. The minimum atomic E-state index is -0.156. The molecule has 5 nitrogen and oxygen atoms in total. The molecule has 5 heteroatoms. The lowest BCUT2D eigenvalue weighted by Gasteiger charge is -2.20. The summed E-state index contributed by atoms with van der Waals surface area (Å²) in [6.07, 6.45) is 3.45. The van der Waals surface area contributed by atoms with Gasteiger partial charge in [-0.1, -0.05) is 34.1 Å². The fraction of sp³-hybridized carbons (Fsp3) is 0.786. The summed E-state index contributed by atoms with van der Waals surface area (Å²) < 4.78 is 0. The molecule has 1 aliphatic rings. The molecule has 1 aliphatic carbocycles. The van der Waals surface area contributed by atoms with E-state index < -0.39 is 0 Å². The van der Waals surface area contributed by atoms with E-state index in [9.17, 15) is 4.79 Å². The van der Waals surface area contributed by atoms with Crippen LogP contribution < -0.4 is 5.32 Å². The van der Waals surface area contributed by atoms with Gasteiger partial charge in [0.1, 0.15) is 5.82 Å². The summed E-state index contributed by atoms with van der Waals surface area (Å²) in [4.78, 5) is 16.4. The quantitative estimate of drug-likeness (QED) is 0.877. The van der Waals surface area contributed by atoms with Crippen molar-refractivity contribution in [3.8, 4) is 0 Å². The summed E-state index contributed by atoms with van der Waals surface area (Å²) in [5.74, 6) is 2.38. The first-order chi connectivity index (χ1) is 9.02. The van der Waals surface area contributed by atoms with E-state index in [1.54, 1.807) is 0 Å². The maximum atomic E-state index is 12.1. The van der Waals surface area contributed by atoms with E-state index in [2.05, 4.69) is 34.3 Å². The molecule has 1 aromatic rings. The zero-order valence-corrected chi connectivity index (χ0v) is 12.2. The van der Waals surface area contributed by atoms with Gasteiger partial charge >= 0.3 is 0 Å². The second-order valence-corrected chi connectivity index (χ2v) is 5.88. The van der Waals surface area contributed by atoms with Crippen LogP contribution in [-0.4, -0.2) is 27.1 Å². The topological polar surface area (TPSA) is 70.7 Å². The maximum Gasteiger partial charge on any atom is 0.291 e. The van der Waals surface area contributed by atoms with E-state index in [1.165, 1.54) is 12.8 Å². The smallest absolute Gasteiger partial charge is 0.291 e. The predicted molar refractivity (Wildman–Crippen MR) is 73.9 cm³/mol. The van der Waals surface area contributed by atoms with Crippen LogP contribution in [0.4, 0.5) is 0 Å². The highest BCUT2D eigenvalue weighted by Crippen LogP contribution is 2.33. The Bertz CT molecular complexity index is 440. The Balaban J connectivity index is 1.97. The molecule has 1 aromatic heterocycles. The molecular weight excluding hydrogens is 240 g/mol. The van der Waals surface area contributed by atoms with Crippen molar-refractivity contribution in [3.63, 3.8) is 0 Å². The molecule has 1 heterocycles. The summed E-state index contributed by atoms with van der Waals surface area (Å²) in [7, 11) is 0. The van der Waals surface area contributed by atoms with Gasteiger partial charge in [-0.05, 0) is 24.7 Å². The summed E-state index contributed by atoms with van der Waals surface area (Å²) >= 11 is 0. The summed E-state index contributed by atoms with van der Waals surface area (Å²) in [5.41, 5.74) is 0. The van der Waals surface area contributed by atoms with Gasteiger partial charge in [-0.15, -0.1) is 5.10 Å². The van der Waals surface area contributed by atoms with Crippen molar-refractivity contribution in [2.24, 2.45) is 11.8 Å². The number of carbonyl (C=O) groups excluding carboxylic acids is 1. The average molecular weight is 264 g/mol. The summed E-state index contributed by atoms with van der Waals surface area (Å²) in [5, 5.41) is 9.89. The first-order valence-corrected chi connectivity index (χ1v) is 7.26. The minimum absolute atomic E-state index is 0.156. The SMILES string of the molecule is CCC1CCC(NC(=O)c2n[nH]c(C(C)C)n2)C1C. The predicted octanol–water partition coefficient (Wildman–Crippen LogP) is 2.48. The first kappa shape index (κ1) is 14.0. The number of hydrogen-bond donors (Lipinski definition) is 2. The van der Waals surface area contributed by atoms with Gasteiger partial charge in [-0.3, -0.25) is 9.89 Å². The fourth-order valence-corrected chi connectivity index (χ4v) is 2.89. The van der Waals surface area contributed by atoms with Crippen LogP contribution in [0, 0.1) is 11.8 Å². The van der Waals surface area contributed by atoms with Crippen molar-refractivity contribution in [1.29, 1.82) is 0 Å². The van der Waals surface area contributed by atoms with Crippen molar-refractivity contribution in [3.05, 3.63) is 11.6 Å². The maximum absolute atomic E-state index is 12.1. The lowest BCUT2D eigenvalue weighted by molar-refractivity contribution is 0.0916. The third-order valence-electron chi connectivity index (χ3n) is 4.32. The molecule has 0 spiro atoms. The van der Waals surface area contributed by atoms with Crippen LogP contribution in [0.15, 0.2) is 0 Å². The fourth-order valence-electron chi connectivity index (χ4n) is 2.89. The van der Waals surface area contributed by atoms with Crippen LogP contribution in [0.1, 0.15) is 69.3 Å². The first-order valence-electron chi connectivity index (χ1n) is 7.26. The Labute approximate surface area is 114 Å². The van der Waals surface area contributed by atoms with Gasteiger partial charge < -0.3 is 5.32 Å². The summed E-state index contributed by atoms with van der Waals surface area (Å²) in [6.45, 7) is 8.49. The van der Waals surface area contributed by atoms with Crippen LogP contribution in [0.25, 0.3) is 0 Å². The second kappa shape index (κ2) is 5.72. The number of rotatable bonds is 4. The molecule has 3 unspecified atom stereocenters. The van der Waals surface area contributed by atoms with E-state index in [0.717, 1.165) is 18.2 Å². The second-order valence-electron chi connectivity index (χ2n) is 5.88. The van der Waals surface area contributed by atoms with Gasteiger partial charge in [0.2, 0.25) is 5.82 Å². The van der Waals surface area contributed by atoms with Crippen molar-refractivity contribution in [2.45, 2.75) is 58.9 Å². The van der Waals surface area contributed by atoms with Crippen LogP contribution in [0.2, 0.25) is 0 Å². The molecule has 1 saturated carbocycles. The Kier molecular flexibility index (Phi) is 4.22. The number of nitrogens with one attached hydrogen (secondary N) is 2. The molecule has 2 N–H and O–H groups in total. The van der Waals surface area contributed by atoms with Crippen LogP contribution in [-0.2, 0) is 0 Å². The number of aromatic amines is 1. The third kappa shape index (κ3) is 2.96. The molecule has 0 aliphatic heterocycles. The molecule has 0 bridgehead atoms. The van der Waals surface area contributed by atoms with Crippen molar-refractivity contribution < 1.29 is 4.79 Å². The Hall–Kier alpha value is -1.39. The Morgan fingerprint density at radius 1 is 1.47 bits per heavy atom. The Morgan fingerprint density at radius 2 is 2.21 bits per heavy atom. The average Bonchev–Trinajstić information content (AvgIpc) is 2.97. The van der Waals surface area contributed by atoms with E-state index in [1.807, 2.05) is 13.8 Å². The molecule has 1 fully saturated rings. The molecule has 0 radical (unpaired) electrons. The molecule has 0 saturated heterocycles. The third-order valence-corrected chi connectivity index (χ3v) is 4.32. The highest BCUT2D eigenvalue weighted by Gasteiger charge is 2.33. The zero-order valence-electron chi connectivity index (χ0n) is 12.2. The largest absolute Gasteiger partial charge is 0.346 e. The molecule has 2 rings (SSSR count). The number of H-pyrrole nitrogens is 1. The Morgan fingerprint density at radius 3 is 2.74 bits per heavy atom. The van der Waals surface area contributed by atoms with Gasteiger partial charge in [0.15, 0.2) is 0 Å². The highest BCUT2D eigenvalue weighted by atomic mass is 16.2. The van der Waals surface area contributed by atoms with Gasteiger partial charge in [0, 0.05) is 12.0 Å². The molecule has 1 amide bonds. The summed E-state index contributed by atoms with van der Waals surface area (Å²) in [6, 6.07) is 0.262. The lowest BCUT2D eigenvalue weighted by Crippen LogP contribution is -2.38. The van der Waals surface area contributed by atoms with E-state index in [4.69, 9.17) is 0 Å². The van der Waals surface area contributed by atoms with E-state index >= 15 is 0 Å². The normalized spacial score (nSPS) is 26.9. The van der Waals surface area contributed by atoms with Crippen molar-refractivity contribution in [2.75, 3.05) is 0 Å². The standard InChI is InChI=1S/C14H24N4O/c1-5-10-6-7-11(9(10)4)15-14(19)13-16-12(8(2)3)17-18-13/h8-11H,5-7H2,1-4H3,(H,15,19)(H,16,17,18). The van der Waals surface area contributed by atoms with E-state index in [-0.39, 0.29) is 23.7 Å². The van der Waals surface area contributed by atoms with Crippen LogP contribution in [0.3, 0.4) is 0 Å². The van der Waals surface area contributed by atoms with Crippen LogP contribution >= 0.6 is 0 Å². The highest BCUT2D eigenvalue weighted by molar-refractivity contribution is 5.90. The number of amides is 1.